The monoisotopic (exact) mass is 427 g/mol. The molecule has 0 radical (unpaired) electrons. The largest absolute Gasteiger partial charge is 0.487 e. The Morgan fingerprint density at radius 2 is 2.10 bits per heavy atom. The second-order valence-corrected chi connectivity index (χ2v) is 8.64. The number of amides is 1. The van der Waals surface area contributed by atoms with Crippen molar-refractivity contribution in [2.75, 3.05) is 20.6 Å². The highest BCUT2D eigenvalue weighted by atomic mass is 32.1. The Hall–Kier alpha value is -2.48. The maximum Gasteiger partial charge on any atom is 0.244 e. The molecule has 1 aromatic carbocycles. The fraction of sp³-hybridized carbons (Fsp3) is 0.273. The SMILES string of the molecule is Cc1nc(COc2ccccc2/C=C/C(=O)NCC(c2ccsc2)N(C)C)cs1. The second kappa shape index (κ2) is 10.3. The predicted octanol–water partition coefficient (Wildman–Crippen LogP) is 4.52. The molecule has 29 heavy (non-hydrogen) atoms. The third-order valence-electron chi connectivity index (χ3n) is 4.40. The van der Waals surface area contributed by atoms with Crippen molar-refractivity contribution in [1.82, 2.24) is 15.2 Å². The zero-order valence-electron chi connectivity index (χ0n) is 16.8. The molecule has 2 aromatic heterocycles. The van der Waals surface area contributed by atoms with Crippen LogP contribution in [0.1, 0.15) is 27.9 Å². The smallest absolute Gasteiger partial charge is 0.244 e. The lowest BCUT2D eigenvalue weighted by molar-refractivity contribution is -0.116. The minimum absolute atomic E-state index is 0.128. The summed E-state index contributed by atoms with van der Waals surface area (Å²) in [6.45, 7) is 2.93. The molecule has 1 N–H and O–H groups in total. The van der Waals surface area contributed by atoms with Gasteiger partial charge in [-0.25, -0.2) is 4.98 Å². The Morgan fingerprint density at radius 3 is 2.79 bits per heavy atom. The van der Waals surface area contributed by atoms with Crippen molar-refractivity contribution in [1.29, 1.82) is 0 Å². The summed E-state index contributed by atoms with van der Waals surface area (Å²) >= 11 is 3.27. The van der Waals surface area contributed by atoms with Crippen LogP contribution in [0.15, 0.2) is 52.5 Å². The summed E-state index contributed by atoms with van der Waals surface area (Å²) in [5, 5.41) is 10.2. The van der Waals surface area contributed by atoms with Crippen molar-refractivity contribution in [3.05, 3.63) is 74.4 Å². The summed E-state index contributed by atoms with van der Waals surface area (Å²) in [6, 6.07) is 9.91. The molecule has 152 valence electrons. The minimum atomic E-state index is -0.128. The average molecular weight is 428 g/mol. The first-order chi connectivity index (χ1) is 14.0. The van der Waals surface area contributed by atoms with E-state index in [1.54, 1.807) is 34.8 Å². The van der Waals surface area contributed by atoms with Crippen LogP contribution in [-0.2, 0) is 11.4 Å². The fourth-order valence-corrected chi connectivity index (χ4v) is 4.17. The molecule has 7 heteroatoms. The second-order valence-electron chi connectivity index (χ2n) is 6.80. The van der Waals surface area contributed by atoms with Crippen molar-refractivity contribution in [3.8, 4) is 5.75 Å². The third kappa shape index (κ3) is 6.25. The first-order valence-corrected chi connectivity index (χ1v) is 11.1. The molecule has 2 heterocycles. The number of carbonyl (C=O) groups is 1. The number of carbonyl (C=O) groups excluding carboxylic acids is 1. The van der Waals surface area contributed by atoms with Crippen LogP contribution in [0.4, 0.5) is 0 Å². The first kappa shape index (κ1) is 21.2. The van der Waals surface area contributed by atoms with Gasteiger partial charge in [-0.15, -0.1) is 11.3 Å². The van der Waals surface area contributed by atoms with Crippen molar-refractivity contribution in [2.45, 2.75) is 19.6 Å². The maximum absolute atomic E-state index is 12.3. The highest BCUT2D eigenvalue weighted by Gasteiger charge is 2.15. The summed E-state index contributed by atoms with van der Waals surface area (Å²) in [4.78, 5) is 18.9. The van der Waals surface area contributed by atoms with Crippen LogP contribution in [-0.4, -0.2) is 36.4 Å². The summed E-state index contributed by atoms with van der Waals surface area (Å²) in [5.74, 6) is 0.601. The van der Waals surface area contributed by atoms with Gasteiger partial charge in [-0.05, 0) is 55.6 Å². The van der Waals surface area contributed by atoms with E-state index in [1.807, 2.05) is 50.7 Å². The van der Waals surface area contributed by atoms with E-state index in [9.17, 15) is 4.79 Å². The molecular weight excluding hydrogens is 402 g/mol. The number of hydrogen-bond acceptors (Lipinski definition) is 6. The van der Waals surface area contributed by atoms with E-state index in [4.69, 9.17) is 4.74 Å². The van der Waals surface area contributed by atoms with Crippen molar-refractivity contribution < 1.29 is 9.53 Å². The number of rotatable bonds is 9. The molecule has 3 rings (SSSR count). The molecule has 1 atom stereocenters. The van der Waals surface area contributed by atoms with Crippen LogP contribution >= 0.6 is 22.7 Å². The number of likely N-dealkylation sites (N-methyl/N-ethyl adjacent to an activating group) is 1. The molecule has 0 bridgehead atoms. The number of thiazole rings is 1. The summed E-state index contributed by atoms with van der Waals surface area (Å²) in [5.41, 5.74) is 2.98. The molecule has 0 spiro atoms. The van der Waals surface area contributed by atoms with Crippen LogP contribution in [0.25, 0.3) is 6.08 Å². The predicted molar refractivity (Wildman–Crippen MR) is 120 cm³/mol. The normalized spacial score (nSPS) is 12.4. The van der Waals surface area contributed by atoms with E-state index in [1.165, 1.54) is 5.56 Å². The molecule has 0 saturated carbocycles. The Kier molecular flexibility index (Phi) is 7.57. The van der Waals surface area contributed by atoms with Crippen LogP contribution in [0.3, 0.4) is 0 Å². The number of nitrogens with one attached hydrogen (secondary N) is 1. The zero-order chi connectivity index (χ0) is 20.6. The highest BCUT2D eigenvalue weighted by Crippen LogP contribution is 2.22. The summed E-state index contributed by atoms with van der Waals surface area (Å²) in [6.07, 6.45) is 3.34. The van der Waals surface area contributed by atoms with E-state index in [0.717, 1.165) is 22.0 Å². The lowest BCUT2D eigenvalue weighted by Crippen LogP contribution is -2.33. The van der Waals surface area contributed by atoms with E-state index in [2.05, 4.69) is 32.0 Å². The molecular formula is C22H25N3O2S2. The number of hydrogen-bond donors (Lipinski definition) is 1. The van der Waals surface area contributed by atoms with Gasteiger partial charge in [0.2, 0.25) is 5.91 Å². The number of aromatic nitrogens is 1. The van der Waals surface area contributed by atoms with Crippen molar-refractivity contribution >= 4 is 34.7 Å². The number of thiophene rings is 1. The zero-order valence-corrected chi connectivity index (χ0v) is 18.4. The van der Waals surface area contributed by atoms with Gasteiger partial charge < -0.3 is 15.0 Å². The van der Waals surface area contributed by atoms with Crippen LogP contribution in [0, 0.1) is 6.92 Å². The summed E-state index contributed by atoms with van der Waals surface area (Å²) < 4.78 is 5.90. The minimum Gasteiger partial charge on any atom is -0.487 e. The van der Waals surface area contributed by atoms with Crippen LogP contribution in [0.5, 0.6) is 5.75 Å². The molecule has 3 aromatic rings. The molecule has 1 amide bonds. The number of ether oxygens (including phenoxy) is 1. The van der Waals surface area contributed by atoms with Crippen LogP contribution in [0.2, 0.25) is 0 Å². The number of benzene rings is 1. The Balaban J connectivity index is 1.58. The molecule has 0 aliphatic heterocycles. The van der Waals surface area contributed by atoms with Crippen LogP contribution < -0.4 is 10.1 Å². The van der Waals surface area contributed by atoms with Gasteiger partial charge in [0.15, 0.2) is 0 Å². The lowest BCUT2D eigenvalue weighted by Gasteiger charge is -2.23. The lowest BCUT2D eigenvalue weighted by atomic mass is 10.1. The van der Waals surface area contributed by atoms with Gasteiger partial charge in [0, 0.05) is 23.6 Å². The van der Waals surface area contributed by atoms with Gasteiger partial charge >= 0.3 is 0 Å². The molecule has 0 aliphatic carbocycles. The molecule has 1 unspecified atom stereocenters. The average Bonchev–Trinajstić information content (AvgIpc) is 3.37. The topological polar surface area (TPSA) is 54.5 Å². The van der Waals surface area contributed by atoms with Gasteiger partial charge in [0.25, 0.3) is 0 Å². The van der Waals surface area contributed by atoms with Gasteiger partial charge in [-0.1, -0.05) is 18.2 Å². The maximum atomic E-state index is 12.3. The van der Waals surface area contributed by atoms with Crippen molar-refractivity contribution in [2.24, 2.45) is 0 Å². The number of aryl methyl sites for hydroxylation is 1. The molecule has 5 nitrogen and oxygen atoms in total. The van der Waals surface area contributed by atoms with Gasteiger partial charge in [-0.2, -0.15) is 11.3 Å². The number of nitrogens with zero attached hydrogens (tertiary/aromatic N) is 2. The Morgan fingerprint density at radius 1 is 1.28 bits per heavy atom. The van der Waals surface area contributed by atoms with Gasteiger partial charge in [-0.3, -0.25) is 4.79 Å². The Bertz CT molecular complexity index is 949. The fourth-order valence-electron chi connectivity index (χ4n) is 2.86. The summed E-state index contributed by atoms with van der Waals surface area (Å²) in [7, 11) is 4.03. The van der Waals surface area contributed by atoms with E-state index in [-0.39, 0.29) is 11.9 Å². The first-order valence-electron chi connectivity index (χ1n) is 9.30. The van der Waals surface area contributed by atoms with Crippen molar-refractivity contribution in [3.63, 3.8) is 0 Å². The Labute approximate surface area is 179 Å². The standard InChI is InChI=1S/C22H25N3O2S2/c1-16-24-19(15-29-16)13-27-21-7-5-4-6-17(21)8-9-22(26)23-12-20(25(2)3)18-10-11-28-14-18/h4-11,14-15,20H,12-13H2,1-3H3,(H,23,26)/b9-8+. The van der Waals surface area contributed by atoms with Gasteiger partial charge in [0.05, 0.1) is 16.7 Å². The number of para-hydroxylation sites is 1. The van der Waals surface area contributed by atoms with E-state index < -0.39 is 0 Å². The quantitative estimate of drug-likeness (QED) is 0.510. The van der Waals surface area contributed by atoms with Gasteiger partial charge in [0.1, 0.15) is 12.4 Å². The highest BCUT2D eigenvalue weighted by molar-refractivity contribution is 7.09. The molecule has 0 fully saturated rings. The third-order valence-corrected chi connectivity index (χ3v) is 5.92. The van der Waals surface area contributed by atoms with E-state index in [0.29, 0.717) is 13.2 Å². The molecule has 0 saturated heterocycles. The van der Waals surface area contributed by atoms with E-state index >= 15 is 0 Å². The molecule has 0 aliphatic rings.